The highest BCUT2D eigenvalue weighted by atomic mass is 16.5. The summed E-state index contributed by atoms with van der Waals surface area (Å²) >= 11 is 0. The molecule has 0 aromatic heterocycles. The molecule has 4 nitrogen and oxygen atoms in total. The van der Waals surface area contributed by atoms with E-state index in [9.17, 15) is 4.79 Å². The lowest BCUT2D eigenvalue weighted by molar-refractivity contribution is -0.142. The largest absolute Gasteiger partial charge is 0.466 e. The SMILES string of the molecule is CCOC(=O)CCNCCCCCOC. The van der Waals surface area contributed by atoms with Crippen LogP contribution in [0.3, 0.4) is 0 Å². The van der Waals surface area contributed by atoms with Crippen LogP contribution in [-0.4, -0.2) is 39.4 Å². The predicted octanol–water partition coefficient (Wildman–Crippen LogP) is 1.35. The summed E-state index contributed by atoms with van der Waals surface area (Å²) in [6.07, 6.45) is 3.87. The quantitative estimate of drug-likeness (QED) is 0.443. The molecule has 0 spiro atoms. The highest BCUT2D eigenvalue weighted by Gasteiger charge is 1.99. The van der Waals surface area contributed by atoms with Crippen LogP contribution in [0.5, 0.6) is 0 Å². The zero-order chi connectivity index (χ0) is 11.4. The highest BCUT2D eigenvalue weighted by Crippen LogP contribution is 1.93. The predicted molar refractivity (Wildman–Crippen MR) is 59.8 cm³/mol. The Hall–Kier alpha value is -0.610. The van der Waals surface area contributed by atoms with Crippen molar-refractivity contribution in [3.8, 4) is 0 Å². The second kappa shape index (κ2) is 11.5. The number of esters is 1. The Morgan fingerprint density at radius 3 is 2.67 bits per heavy atom. The summed E-state index contributed by atoms with van der Waals surface area (Å²) in [6.45, 7) is 4.80. The summed E-state index contributed by atoms with van der Waals surface area (Å²) in [5, 5.41) is 3.21. The molecule has 0 aliphatic carbocycles. The summed E-state index contributed by atoms with van der Waals surface area (Å²) < 4.78 is 9.75. The molecular formula is C11H23NO3. The zero-order valence-corrected chi connectivity index (χ0v) is 9.88. The molecule has 0 rings (SSSR count). The van der Waals surface area contributed by atoms with Crippen LogP contribution < -0.4 is 5.32 Å². The van der Waals surface area contributed by atoms with Gasteiger partial charge in [-0.2, -0.15) is 0 Å². The first-order valence-corrected chi connectivity index (χ1v) is 5.66. The smallest absolute Gasteiger partial charge is 0.307 e. The van der Waals surface area contributed by atoms with E-state index in [0.717, 1.165) is 26.0 Å². The first-order valence-electron chi connectivity index (χ1n) is 5.66. The average molecular weight is 217 g/mol. The fraction of sp³-hybridized carbons (Fsp3) is 0.909. The Morgan fingerprint density at radius 1 is 1.20 bits per heavy atom. The van der Waals surface area contributed by atoms with Gasteiger partial charge in [-0.1, -0.05) is 0 Å². The summed E-state index contributed by atoms with van der Waals surface area (Å²) in [4.78, 5) is 10.9. The van der Waals surface area contributed by atoms with Crippen molar-refractivity contribution in [2.45, 2.75) is 32.6 Å². The van der Waals surface area contributed by atoms with Gasteiger partial charge in [0.05, 0.1) is 13.0 Å². The minimum atomic E-state index is -0.121. The maximum Gasteiger partial charge on any atom is 0.307 e. The van der Waals surface area contributed by atoms with Crippen molar-refractivity contribution >= 4 is 5.97 Å². The van der Waals surface area contributed by atoms with Gasteiger partial charge in [0.2, 0.25) is 0 Å². The van der Waals surface area contributed by atoms with Crippen molar-refractivity contribution in [1.29, 1.82) is 0 Å². The third kappa shape index (κ3) is 11.3. The van der Waals surface area contributed by atoms with E-state index in [0.29, 0.717) is 19.6 Å². The van der Waals surface area contributed by atoms with E-state index in [1.807, 2.05) is 6.92 Å². The summed E-state index contributed by atoms with van der Waals surface area (Å²) in [6, 6.07) is 0. The molecule has 4 heteroatoms. The molecule has 0 aromatic carbocycles. The van der Waals surface area contributed by atoms with Crippen LogP contribution in [0.15, 0.2) is 0 Å². The Morgan fingerprint density at radius 2 is 2.00 bits per heavy atom. The normalized spacial score (nSPS) is 10.3. The lowest BCUT2D eigenvalue weighted by atomic mass is 10.2. The first-order chi connectivity index (χ1) is 7.31. The minimum Gasteiger partial charge on any atom is -0.466 e. The maximum absolute atomic E-state index is 10.9. The van der Waals surface area contributed by atoms with Gasteiger partial charge in [-0.15, -0.1) is 0 Å². The van der Waals surface area contributed by atoms with Crippen LogP contribution in [0, 0.1) is 0 Å². The van der Waals surface area contributed by atoms with E-state index in [1.54, 1.807) is 7.11 Å². The number of unbranched alkanes of at least 4 members (excludes halogenated alkanes) is 2. The van der Waals surface area contributed by atoms with Gasteiger partial charge in [-0.3, -0.25) is 4.79 Å². The fourth-order valence-corrected chi connectivity index (χ4v) is 1.22. The van der Waals surface area contributed by atoms with Crippen molar-refractivity contribution in [2.75, 3.05) is 33.4 Å². The van der Waals surface area contributed by atoms with Crippen molar-refractivity contribution in [3.05, 3.63) is 0 Å². The molecule has 0 aliphatic rings. The molecule has 0 unspecified atom stereocenters. The van der Waals surface area contributed by atoms with Crippen molar-refractivity contribution in [1.82, 2.24) is 5.32 Å². The van der Waals surface area contributed by atoms with Gasteiger partial charge in [0, 0.05) is 20.3 Å². The topological polar surface area (TPSA) is 47.6 Å². The van der Waals surface area contributed by atoms with Gasteiger partial charge in [-0.05, 0) is 32.7 Å². The summed E-state index contributed by atoms with van der Waals surface area (Å²) in [5.74, 6) is -0.121. The fourth-order valence-electron chi connectivity index (χ4n) is 1.22. The minimum absolute atomic E-state index is 0.121. The van der Waals surface area contributed by atoms with Gasteiger partial charge < -0.3 is 14.8 Å². The second-order valence-electron chi connectivity index (χ2n) is 3.36. The number of rotatable bonds is 10. The van der Waals surface area contributed by atoms with Crippen molar-refractivity contribution < 1.29 is 14.3 Å². The monoisotopic (exact) mass is 217 g/mol. The van der Waals surface area contributed by atoms with Crippen LogP contribution in [0.25, 0.3) is 0 Å². The molecule has 0 saturated carbocycles. The van der Waals surface area contributed by atoms with Gasteiger partial charge in [0.15, 0.2) is 0 Å². The maximum atomic E-state index is 10.9. The van der Waals surface area contributed by atoms with Crippen LogP contribution in [0.2, 0.25) is 0 Å². The average Bonchev–Trinajstić information content (AvgIpc) is 2.22. The third-order valence-electron chi connectivity index (χ3n) is 2.01. The third-order valence-corrected chi connectivity index (χ3v) is 2.01. The number of hydrogen-bond donors (Lipinski definition) is 1. The Labute approximate surface area is 92.3 Å². The van der Waals surface area contributed by atoms with E-state index in [4.69, 9.17) is 9.47 Å². The number of nitrogens with one attached hydrogen (secondary N) is 1. The molecule has 0 amide bonds. The molecule has 90 valence electrons. The van der Waals surface area contributed by atoms with Crippen molar-refractivity contribution in [2.24, 2.45) is 0 Å². The molecule has 0 fully saturated rings. The Kier molecular flexibility index (Phi) is 11.0. The molecular weight excluding hydrogens is 194 g/mol. The van der Waals surface area contributed by atoms with Gasteiger partial charge >= 0.3 is 5.97 Å². The first kappa shape index (κ1) is 14.4. The molecule has 0 heterocycles. The van der Waals surface area contributed by atoms with E-state index < -0.39 is 0 Å². The highest BCUT2D eigenvalue weighted by molar-refractivity contribution is 5.69. The lowest BCUT2D eigenvalue weighted by Gasteiger charge is -2.04. The summed E-state index contributed by atoms with van der Waals surface area (Å²) in [5.41, 5.74) is 0. The molecule has 0 atom stereocenters. The summed E-state index contributed by atoms with van der Waals surface area (Å²) in [7, 11) is 1.72. The Bertz CT molecular complexity index is 151. The molecule has 0 saturated heterocycles. The number of hydrogen-bond acceptors (Lipinski definition) is 4. The van der Waals surface area contributed by atoms with E-state index >= 15 is 0 Å². The standard InChI is InChI=1S/C11H23NO3/c1-3-15-11(13)7-9-12-8-5-4-6-10-14-2/h12H,3-10H2,1-2H3. The number of carbonyl (C=O) groups is 1. The molecule has 0 aromatic rings. The molecule has 0 bridgehead atoms. The van der Waals surface area contributed by atoms with Gasteiger partial charge in [-0.25, -0.2) is 0 Å². The van der Waals surface area contributed by atoms with Crippen molar-refractivity contribution in [3.63, 3.8) is 0 Å². The second-order valence-corrected chi connectivity index (χ2v) is 3.36. The van der Waals surface area contributed by atoms with E-state index in [-0.39, 0.29) is 5.97 Å². The zero-order valence-electron chi connectivity index (χ0n) is 9.88. The van der Waals surface area contributed by atoms with Gasteiger partial charge in [0.25, 0.3) is 0 Å². The number of ether oxygens (including phenoxy) is 2. The van der Waals surface area contributed by atoms with Crippen LogP contribution >= 0.6 is 0 Å². The van der Waals surface area contributed by atoms with Crippen LogP contribution in [-0.2, 0) is 14.3 Å². The molecule has 1 N–H and O–H groups in total. The molecule has 0 aliphatic heterocycles. The van der Waals surface area contributed by atoms with E-state index in [2.05, 4.69) is 5.32 Å². The lowest BCUT2D eigenvalue weighted by Crippen LogP contribution is -2.20. The Balaban J connectivity index is 3.01. The number of methoxy groups -OCH3 is 1. The number of carbonyl (C=O) groups excluding carboxylic acids is 1. The van der Waals surface area contributed by atoms with E-state index in [1.165, 1.54) is 6.42 Å². The molecule has 15 heavy (non-hydrogen) atoms. The van der Waals surface area contributed by atoms with Crippen LogP contribution in [0.1, 0.15) is 32.6 Å². The molecule has 0 radical (unpaired) electrons. The van der Waals surface area contributed by atoms with Crippen LogP contribution in [0.4, 0.5) is 0 Å². The van der Waals surface area contributed by atoms with Gasteiger partial charge in [0.1, 0.15) is 0 Å².